The van der Waals surface area contributed by atoms with E-state index in [2.05, 4.69) is 0 Å². The fourth-order valence-corrected chi connectivity index (χ4v) is 2.36. The zero-order valence-electron chi connectivity index (χ0n) is 10.3. The molecule has 0 aliphatic heterocycles. The normalized spacial score (nSPS) is 30.9. The predicted molar refractivity (Wildman–Crippen MR) is 61.3 cm³/mol. The summed E-state index contributed by atoms with van der Waals surface area (Å²) < 4.78 is 4.94. The lowest BCUT2D eigenvalue weighted by Crippen LogP contribution is -2.40. The standard InChI is InChI=1S/C12H22O5/c1-2-17-11(15)9-3-5-12(16,6-4-9)7-10(14)8-13/h9-10,13-14,16H,2-8H2,1H3. The van der Waals surface area contributed by atoms with E-state index in [4.69, 9.17) is 9.84 Å². The first kappa shape index (κ1) is 14.4. The molecule has 0 heterocycles. The highest BCUT2D eigenvalue weighted by Gasteiger charge is 2.37. The van der Waals surface area contributed by atoms with Crippen molar-refractivity contribution in [1.29, 1.82) is 0 Å². The Morgan fingerprint density at radius 1 is 1.47 bits per heavy atom. The van der Waals surface area contributed by atoms with Gasteiger partial charge < -0.3 is 20.1 Å². The fourth-order valence-electron chi connectivity index (χ4n) is 2.36. The molecule has 1 atom stereocenters. The second kappa shape index (κ2) is 6.33. The number of carbonyl (C=O) groups is 1. The van der Waals surface area contributed by atoms with Crippen molar-refractivity contribution < 1.29 is 24.9 Å². The number of carbonyl (C=O) groups excluding carboxylic acids is 1. The summed E-state index contributed by atoms with van der Waals surface area (Å²) in [5, 5.41) is 28.3. The maximum atomic E-state index is 11.5. The first-order valence-corrected chi connectivity index (χ1v) is 6.18. The lowest BCUT2D eigenvalue weighted by atomic mass is 9.76. The highest BCUT2D eigenvalue weighted by Crippen LogP contribution is 2.35. The average Bonchev–Trinajstić information content (AvgIpc) is 2.29. The number of hydrogen-bond donors (Lipinski definition) is 3. The zero-order chi connectivity index (χ0) is 12.9. The van der Waals surface area contributed by atoms with Crippen molar-refractivity contribution >= 4 is 5.97 Å². The van der Waals surface area contributed by atoms with E-state index in [9.17, 15) is 15.0 Å². The summed E-state index contributed by atoms with van der Waals surface area (Å²) in [5.41, 5.74) is -0.953. The van der Waals surface area contributed by atoms with Gasteiger partial charge >= 0.3 is 5.97 Å². The Kier molecular flexibility index (Phi) is 5.36. The molecule has 3 N–H and O–H groups in total. The molecule has 0 bridgehead atoms. The van der Waals surface area contributed by atoms with Crippen LogP contribution in [0.3, 0.4) is 0 Å². The second-order valence-electron chi connectivity index (χ2n) is 4.79. The average molecular weight is 246 g/mol. The molecule has 1 unspecified atom stereocenters. The molecule has 0 radical (unpaired) electrons. The van der Waals surface area contributed by atoms with Crippen LogP contribution < -0.4 is 0 Å². The summed E-state index contributed by atoms with van der Waals surface area (Å²) in [6, 6.07) is 0. The SMILES string of the molecule is CCOC(=O)C1CCC(O)(CC(O)CO)CC1. The molecule has 0 amide bonds. The minimum absolute atomic E-state index is 0.138. The summed E-state index contributed by atoms with van der Waals surface area (Å²) in [6.07, 6.45) is 1.36. The van der Waals surface area contributed by atoms with E-state index in [1.807, 2.05) is 0 Å². The number of esters is 1. The Hall–Kier alpha value is -0.650. The van der Waals surface area contributed by atoms with Crippen LogP contribution in [0.15, 0.2) is 0 Å². The van der Waals surface area contributed by atoms with Crippen molar-refractivity contribution in [3.63, 3.8) is 0 Å². The molecule has 1 rings (SSSR count). The van der Waals surface area contributed by atoms with Gasteiger partial charge in [-0.05, 0) is 32.6 Å². The maximum absolute atomic E-state index is 11.5. The third kappa shape index (κ3) is 4.26. The minimum atomic E-state index is -0.953. The minimum Gasteiger partial charge on any atom is -0.466 e. The van der Waals surface area contributed by atoms with Gasteiger partial charge in [-0.15, -0.1) is 0 Å². The topological polar surface area (TPSA) is 87.0 Å². The summed E-state index contributed by atoms with van der Waals surface area (Å²) in [4.78, 5) is 11.5. The first-order chi connectivity index (χ1) is 8.00. The van der Waals surface area contributed by atoms with Crippen LogP contribution in [0.5, 0.6) is 0 Å². The number of hydrogen-bond acceptors (Lipinski definition) is 5. The molecule has 0 spiro atoms. The number of aliphatic hydroxyl groups is 3. The van der Waals surface area contributed by atoms with Gasteiger partial charge in [-0.2, -0.15) is 0 Å². The van der Waals surface area contributed by atoms with Crippen LogP contribution in [0.1, 0.15) is 39.0 Å². The van der Waals surface area contributed by atoms with Crippen molar-refractivity contribution in [3.8, 4) is 0 Å². The third-order valence-corrected chi connectivity index (χ3v) is 3.36. The van der Waals surface area contributed by atoms with Gasteiger partial charge in [0.1, 0.15) is 0 Å². The molecule has 5 nitrogen and oxygen atoms in total. The summed E-state index contributed by atoms with van der Waals surface area (Å²) >= 11 is 0. The fraction of sp³-hybridized carbons (Fsp3) is 0.917. The van der Waals surface area contributed by atoms with Crippen molar-refractivity contribution in [2.24, 2.45) is 5.92 Å². The molecule has 100 valence electrons. The quantitative estimate of drug-likeness (QED) is 0.604. The Morgan fingerprint density at radius 2 is 2.06 bits per heavy atom. The smallest absolute Gasteiger partial charge is 0.308 e. The van der Waals surface area contributed by atoms with E-state index in [0.717, 1.165) is 0 Å². The molecule has 0 aromatic rings. The Morgan fingerprint density at radius 3 is 2.53 bits per heavy atom. The summed E-state index contributed by atoms with van der Waals surface area (Å²) in [5.74, 6) is -0.334. The van der Waals surface area contributed by atoms with Gasteiger partial charge in [0.25, 0.3) is 0 Å². The molecular weight excluding hydrogens is 224 g/mol. The van der Waals surface area contributed by atoms with Gasteiger partial charge in [0.2, 0.25) is 0 Å². The van der Waals surface area contributed by atoms with Gasteiger partial charge in [-0.3, -0.25) is 4.79 Å². The van der Waals surface area contributed by atoms with E-state index in [1.165, 1.54) is 0 Å². The van der Waals surface area contributed by atoms with Gasteiger partial charge in [0.05, 0.1) is 30.8 Å². The van der Waals surface area contributed by atoms with Gasteiger partial charge in [-0.25, -0.2) is 0 Å². The lowest BCUT2D eigenvalue weighted by Gasteiger charge is -2.36. The number of aliphatic hydroxyl groups excluding tert-OH is 2. The summed E-state index contributed by atoms with van der Waals surface area (Å²) in [6.45, 7) is 1.81. The van der Waals surface area contributed by atoms with Crippen LogP contribution >= 0.6 is 0 Å². The van der Waals surface area contributed by atoms with Crippen LogP contribution in [0.4, 0.5) is 0 Å². The van der Waals surface area contributed by atoms with E-state index in [1.54, 1.807) is 6.92 Å². The van der Waals surface area contributed by atoms with Crippen LogP contribution in [-0.4, -0.2) is 46.2 Å². The Labute approximate surface area is 101 Å². The molecule has 1 saturated carbocycles. The van der Waals surface area contributed by atoms with Crippen LogP contribution in [0, 0.1) is 5.92 Å². The number of ether oxygens (including phenoxy) is 1. The first-order valence-electron chi connectivity index (χ1n) is 6.18. The lowest BCUT2D eigenvalue weighted by molar-refractivity contribution is -0.151. The molecule has 17 heavy (non-hydrogen) atoms. The molecule has 1 fully saturated rings. The molecule has 1 aliphatic carbocycles. The third-order valence-electron chi connectivity index (χ3n) is 3.36. The van der Waals surface area contributed by atoms with Crippen LogP contribution in [0.2, 0.25) is 0 Å². The maximum Gasteiger partial charge on any atom is 0.308 e. The van der Waals surface area contributed by atoms with E-state index < -0.39 is 11.7 Å². The molecular formula is C12H22O5. The van der Waals surface area contributed by atoms with Crippen molar-refractivity contribution in [1.82, 2.24) is 0 Å². The summed E-state index contributed by atoms with van der Waals surface area (Å²) in [7, 11) is 0. The molecule has 0 saturated heterocycles. The van der Waals surface area contributed by atoms with E-state index >= 15 is 0 Å². The zero-order valence-corrected chi connectivity index (χ0v) is 10.3. The van der Waals surface area contributed by atoms with E-state index in [0.29, 0.717) is 32.3 Å². The number of rotatable bonds is 5. The van der Waals surface area contributed by atoms with Crippen molar-refractivity contribution in [2.45, 2.75) is 50.7 Å². The molecule has 0 aromatic carbocycles. The Balaban J connectivity index is 2.41. The van der Waals surface area contributed by atoms with Crippen LogP contribution in [-0.2, 0) is 9.53 Å². The van der Waals surface area contributed by atoms with Crippen LogP contribution in [0.25, 0.3) is 0 Å². The van der Waals surface area contributed by atoms with Gasteiger partial charge in [0, 0.05) is 6.42 Å². The molecule has 1 aliphatic rings. The second-order valence-corrected chi connectivity index (χ2v) is 4.79. The highest BCUT2D eigenvalue weighted by molar-refractivity contribution is 5.72. The van der Waals surface area contributed by atoms with Crippen molar-refractivity contribution in [3.05, 3.63) is 0 Å². The van der Waals surface area contributed by atoms with Gasteiger partial charge in [-0.1, -0.05) is 0 Å². The highest BCUT2D eigenvalue weighted by atomic mass is 16.5. The molecule has 0 aromatic heterocycles. The predicted octanol–water partition coefficient (Wildman–Crippen LogP) is 0.214. The van der Waals surface area contributed by atoms with E-state index in [-0.39, 0.29) is 24.9 Å². The Bertz CT molecular complexity index is 245. The monoisotopic (exact) mass is 246 g/mol. The van der Waals surface area contributed by atoms with Gasteiger partial charge in [0.15, 0.2) is 0 Å². The largest absolute Gasteiger partial charge is 0.466 e. The molecule has 5 heteroatoms. The van der Waals surface area contributed by atoms with Crippen molar-refractivity contribution in [2.75, 3.05) is 13.2 Å².